The van der Waals surface area contributed by atoms with E-state index in [2.05, 4.69) is 0 Å². The maximum atomic E-state index is 12.9. The van der Waals surface area contributed by atoms with Crippen molar-refractivity contribution in [3.8, 4) is 0 Å². The fourth-order valence-corrected chi connectivity index (χ4v) is 4.21. The molecule has 2 aliphatic rings. The highest BCUT2D eigenvalue weighted by Gasteiger charge is 2.43. The van der Waals surface area contributed by atoms with Gasteiger partial charge in [-0.15, -0.1) is 0 Å². The number of amides is 1. The van der Waals surface area contributed by atoms with Crippen LogP contribution in [0.4, 0.5) is 0 Å². The summed E-state index contributed by atoms with van der Waals surface area (Å²) in [6, 6.07) is 6.29. The number of nitrogens with zero attached hydrogens (tertiary/aromatic N) is 1. The van der Waals surface area contributed by atoms with Crippen LogP contribution in [0.15, 0.2) is 22.6 Å². The fourth-order valence-electron chi connectivity index (χ4n) is 4.21. The lowest BCUT2D eigenvalue weighted by Crippen LogP contribution is -2.33. The van der Waals surface area contributed by atoms with Gasteiger partial charge in [0.25, 0.3) is 5.91 Å². The summed E-state index contributed by atoms with van der Waals surface area (Å²) in [5.74, 6) is 1.56. The number of carbonyl (C=O) groups is 1. The molecule has 116 valence electrons. The van der Waals surface area contributed by atoms with Crippen molar-refractivity contribution in [2.75, 3.05) is 13.1 Å². The first-order chi connectivity index (χ1) is 10.6. The van der Waals surface area contributed by atoms with Crippen molar-refractivity contribution >= 4 is 16.9 Å². The molecule has 1 aliphatic heterocycles. The van der Waals surface area contributed by atoms with Gasteiger partial charge in [-0.3, -0.25) is 4.79 Å². The van der Waals surface area contributed by atoms with Gasteiger partial charge in [-0.05, 0) is 44.1 Å². The van der Waals surface area contributed by atoms with E-state index in [9.17, 15) is 4.79 Å². The molecular weight excluding hydrogens is 276 g/mol. The third-order valence-electron chi connectivity index (χ3n) is 5.55. The van der Waals surface area contributed by atoms with E-state index < -0.39 is 0 Å². The molecule has 3 unspecified atom stereocenters. The molecule has 1 aromatic carbocycles. The summed E-state index contributed by atoms with van der Waals surface area (Å²) in [6.45, 7) is 5.59. The van der Waals surface area contributed by atoms with Crippen LogP contribution >= 0.6 is 0 Å². The topological polar surface area (TPSA) is 59.5 Å². The molecule has 2 aromatic rings. The Bertz CT molecular complexity index is 749. The monoisotopic (exact) mass is 298 g/mol. The number of hydrogen-bond donors (Lipinski definition) is 1. The van der Waals surface area contributed by atoms with Gasteiger partial charge in [0.1, 0.15) is 5.58 Å². The van der Waals surface area contributed by atoms with E-state index in [4.69, 9.17) is 10.2 Å². The van der Waals surface area contributed by atoms with Gasteiger partial charge in [0.15, 0.2) is 5.76 Å². The number of hydrogen-bond acceptors (Lipinski definition) is 3. The number of fused-ring (bicyclic) bond motifs is 2. The van der Waals surface area contributed by atoms with E-state index in [0.717, 1.165) is 48.0 Å². The summed E-state index contributed by atoms with van der Waals surface area (Å²) in [4.78, 5) is 14.8. The lowest BCUT2D eigenvalue weighted by atomic mass is 9.98. The van der Waals surface area contributed by atoms with E-state index >= 15 is 0 Å². The molecule has 1 amide bonds. The summed E-state index contributed by atoms with van der Waals surface area (Å²) in [7, 11) is 0. The number of nitrogens with two attached hydrogens (primary N) is 1. The van der Waals surface area contributed by atoms with Gasteiger partial charge >= 0.3 is 0 Å². The molecule has 0 spiro atoms. The van der Waals surface area contributed by atoms with Gasteiger partial charge in [0, 0.05) is 30.1 Å². The summed E-state index contributed by atoms with van der Waals surface area (Å²) >= 11 is 0. The third kappa shape index (κ3) is 1.90. The predicted molar refractivity (Wildman–Crippen MR) is 85.8 cm³/mol. The second-order valence-corrected chi connectivity index (χ2v) is 6.88. The highest BCUT2D eigenvalue weighted by Crippen LogP contribution is 2.38. The van der Waals surface area contributed by atoms with Gasteiger partial charge in [-0.1, -0.05) is 18.2 Å². The van der Waals surface area contributed by atoms with E-state index in [1.807, 2.05) is 36.9 Å². The van der Waals surface area contributed by atoms with Crippen LogP contribution in [0.25, 0.3) is 11.0 Å². The molecule has 4 rings (SSSR count). The molecule has 0 radical (unpaired) electrons. The molecule has 2 heterocycles. The first-order valence-corrected chi connectivity index (χ1v) is 8.10. The number of carbonyl (C=O) groups excluding carboxylic acids is 1. The number of para-hydroxylation sites is 1. The first kappa shape index (κ1) is 13.8. The van der Waals surface area contributed by atoms with Crippen molar-refractivity contribution in [1.82, 2.24) is 4.90 Å². The molecule has 1 saturated carbocycles. The minimum Gasteiger partial charge on any atom is -0.450 e. The van der Waals surface area contributed by atoms with Crippen molar-refractivity contribution in [3.05, 3.63) is 35.1 Å². The van der Waals surface area contributed by atoms with Gasteiger partial charge in [-0.25, -0.2) is 0 Å². The zero-order valence-corrected chi connectivity index (χ0v) is 13.1. The highest BCUT2D eigenvalue weighted by molar-refractivity contribution is 5.99. The number of aryl methyl sites for hydroxylation is 2. The molecule has 4 nitrogen and oxygen atoms in total. The number of benzene rings is 1. The highest BCUT2D eigenvalue weighted by atomic mass is 16.3. The molecule has 3 atom stereocenters. The van der Waals surface area contributed by atoms with Crippen LogP contribution in [-0.4, -0.2) is 29.9 Å². The Morgan fingerprint density at radius 3 is 2.82 bits per heavy atom. The zero-order valence-electron chi connectivity index (χ0n) is 13.1. The Morgan fingerprint density at radius 2 is 2.09 bits per heavy atom. The average molecular weight is 298 g/mol. The Hall–Kier alpha value is -1.81. The van der Waals surface area contributed by atoms with Crippen LogP contribution in [0.1, 0.15) is 34.5 Å². The molecule has 2 N–H and O–H groups in total. The molecule has 22 heavy (non-hydrogen) atoms. The van der Waals surface area contributed by atoms with Gasteiger partial charge in [0.2, 0.25) is 0 Å². The molecule has 4 heteroatoms. The average Bonchev–Trinajstić information content (AvgIpc) is 3.16. The summed E-state index contributed by atoms with van der Waals surface area (Å²) in [5, 5.41) is 1.04. The number of rotatable bonds is 1. The summed E-state index contributed by atoms with van der Waals surface area (Å²) in [6.07, 6.45) is 2.24. The number of furan rings is 1. The van der Waals surface area contributed by atoms with Crippen LogP contribution in [-0.2, 0) is 0 Å². The van der Waals surface area contributed by atoms with Gasteiger partial charge in [-0.2, -0.15) is 0 Å². The van der Waals surface area contributed by atoms with Gasteiger partial charge < -0.3 is 15.1 Å². The standard InChI is InChI=1S/C18H22N2O2/c1-10-4-3-5-13-11(2)17(22-16(10)13)18(21)20-8-12-6-7-15(19)14(12)9-20/h3-5,12,14-15H,6-9,19H2,1-2H3. The van der Waals surface area contributed by atoms with E-state index in [0.29, 0.717) is 17.6 Å². The van der Waals surface area contributed by atoms with Gasteiger partial charge in [0.05, 0.1) is 0 Å². The molecule has 1 aromatic heterocycles. The van der Waals surface area contributed by atoms with Crippen molar-refractivity contribution in [1.29, 1.82) is 0 Å². The minimum atomic E-state index is 0.0229. The maximum Gasteiger partial charge on any atom is 0.289 e. The van der Waals surface area contributed by atoms with E-state index in [1.165, 1.54) is 0 Å². The predicted octanol–water partition coefficient (Wildman–Crippen LogP) is 2.86. The van der Waals surface area contributed by atoms with Crippen molar-refractivity contribution in [2.45, 2.75) is 32.7 Å². The summed E-state index contributed by atoms with van der Waals surface area (Å²) in [5.41, 5.74) is 9.02. The second kappa shape index (κ2) is 4.85. The quantitative estimate of drug-likeness (QED) is 0.880. The zero-order chi connectivity index (χ0) is 15.4. The molecule has 1 saturated heterocycles. The Labute approximate surface area is 130 Å². The first-order valence-electron chi connectivity index (χ1n) is 8.10. The normalized spacial score (nSPS) is 27.6. The van der Waals surface area contributed by atoms with Crippen LogP contribution < -0.4 is 5.73 Å². The van der Waals surface area contributed by atoms with Crippen LogP contribution in [0, 0.1) is 25.7 Å². The Kier molecular flexibility index (Phi) is 3.05. The smallest absolute Gasteiger partial charge is 0.289 e. The van der Waals surface area contributed by atoms with E-state index in [1.54, 1.807) is 0 Å². The third-order valence-corrected chi connectivity index (χ3v) is 5.55. The van der Waals surface area contributed by atoms with Crippen LogP contribution in [0.2, 0.25) is 0 Å². The largest absolute Gasteiger partial charge is 0.450 e. The van der Waals surface area contributed by atoms with Crippen molar-refractivity contribution < 1.29 is 9.21 Å². The SMILES string of the molecule is Cc1c(C(=O)N2CC3CCC(N)C3C2)oc2c(C)cccc12. The van der Waals surface area contributed by atoms with Crippen molar-refractivity contribution in [2.24, 2.45) is 17.6 Å². The van der Waals surface area contributed by atoms with E-state index in [-0.39, 0.29) is 11.9 Å². The Morgan fingerprint density at radius 1 is 1.27 bits per heavy atom. The number of likely N-dealkylation sites (tertiary alicyclic amines) is 1. The lowest BCUT2D eigenvalue weighted by Gasteiger charge is -2.17. The van der Waals surface area contributed by atoms with Crippen molar-refractivity contribution in [3.63, 3.8) is 0 Å². The summed E-state index contributed by atoms with van der Waals surface area (Å²) < 4.78 is 5.93. The molecule has 0 bridgehead atoms. The Balaban J connectivity index is 1.67. The molecular formula is C18H22N2O2. The molecule has 2 fully saturated rings. The van der Waals surface area contributed by atoms with Crippen LogP contribution in [0.5, 0.6) is 0 Å². The molecule has 1 aliphatic carbocycles. The second-order valence-electron chi connectivity index (χ2n) is 6.88. The lowest BCUT2D eigenvalue weighted by molar-refractivity contribution is 0.0749. The fraction of sp³-hybridized carbons (Fsp3) is 0.500. The minimum absolute atomic E-state index is 0.0229. The maximum absolute atomic E-state index is 12.9. The van der Waals surface area contributed by atoms with Crippen LogP contribution in [0.3, 0.4) is 0 Å².